The third kappa shape index (κ3) is 4.79. The van der Waals surface area contributed by atoms with E-state index >= 15 is 0 Å². The van der Waals surface area contributed by atoms with Crippen LogP contribution in [0.2, 0.25) is 0 Å². The second-order valence-corrected chi connectivity index (χ2v) is 7.21. The van der Waals surface area contributed by atoms with E-state index in [1.54, 1.807) is 30.9 Å². The minimum absolute atomic E-state index is 0.0962. The third-order valence-corrected chi connectivity index (χ3v) is 5.19. The maximum atomic E-state index is 14.1. The molecule has 2 heterocycles. The molecule has 0 aliphatic heterocycles. The first-order valence-corrected chi connectivity index (χ1v) is 9.68. The minimum atomic E-state index is -4.42. The topological polar surface area (TPSA) is 25.8 Å². The highest BCUT2D eigenvalue weighted by Crippen LogP contribution is 2.35. The van der Waals surface area contributed by atoms with Crippen LogP contribution in [0.25, 0.3) is 11.1 Å². The smallest absolute Gasteiger partial charge is 0.264 e. The Kier molecular flexibility index (Phi) is 5.80. The molecule has 0 fully saturated rings. The average molecular weight is 422 g/mol. The van der Waals surface area contributed by atoms with Gasteiger partial charge in [-0.1, -0.05) is 30.3 Å². The van der Waals surface area contributed by atoms with E-state index in [9.17, 15) is 17.6 Å². The first kappa shape index (κ1) is 20.7. The van der Waals surface area contributed by atoms with Gasteiger partial charge in [-0.05, 0) is 70.6 Å². The molecule has 156 valence electrons. The van der Waals surface area contributed by atoms with Crippen LogP contribution in [-0.2, 0) is 12.6 Å². The molecule has 2 nitrogen and oxygen atoms in total. The number of benzene rings is 2. The second-order valence-electron chi connectivity index (χ2n) is 7.21. The Morgan fingerprint density at radius 3 is 1.90 bits per heavy atom. The molecular weight excluding hydrogens is 404 g/mol. The van der Waals surface area contributed by atoms with Gasteiger partial charge in [0.05, 0.1) is 5.56 Å². The van der Waals surface area contributed by atoms with Crippen LogP contribution < -0.4 is 0 Å². The van der Waals surface area contributed by atoms with Gasteiger partial charge in [0.15, 0.2) is 0 Å². The Balaban J connectivity index is 1.75. The van der Waals surface area contributed by atoms with Crippen molar-refractivity contribution >= 4 is 0 Å². The summed E-state index contributed by atoms with van der Waals surface area (Å²) in [7, 11) is 0. The maximum Gasteiger partial charge on any atom is 0.416 e. The Hall–Kier alpha value is -3.54. The van der Waals surface area contributed by atoms with Gasteiger partial charge in [0.2, 0.25) is 0 Å². The number of rotatable bonds is 5. The lowest BCUT2D eigenvalue weighted by Crippen LogP contribution is -2.07. The molecule has 2 aromatic carbocycles. The Morgan fingerprint density at radius 2 is 1.39 bits per heavy atom. The number of alkyl halides is 3. The van der Waals surface area contributed by atoms with Crippen molar-refractivity contribution in [2.45, 2.75) is 18.5 Å². The molecular formula is C25H18F4N2. The zero-order chi connectivity index (χ0) is 21.8. The molecule has 0 N–H and O–H groups in total. The summed E-state index contributed by atoms with van der Waals surface area (Å²) < 4.78 is 52.9. The van der Waals surface area contributed by atoms with Crippen molar-refractivity contribution in [2.24, 2.45) is 0 Å². The zero-order valence-electron chi connectivity index (χ0n) is 16.4. The highest BCUT2D eigenvalue weighted by atomic mass is 19.4. The summed E-state index contributed by atoms with van der Waals surface area (Å²) in [5.41, 5.74) is 3.11. The van der Waals surface area contributed by atoms with E-state index < -0.39 is 17.6 Å². The van der Waals surface area contributed by atoms with Crippen LogP contribution in [0.3, 0.4) is 0 Å². The van der Waals surface area contributed by atoms with Crippen LogP contribution in [0.15, 0.2) is 91.5 Å². The molecule has 0 amide bonds. The van der Waals surface area contributed by atoms with Crippen molar-refractivity contribution in [2.75, 3.05) is 0 Å². The summed E-state index contributed by atoms with van der Waals surface area (Å²) in [5.74, 6) is -0.543. The molecule has 2 aromatic heterocycles. The summed E-state index contributed by atoms with van der Waals surface area (Å²) in [6.07, 6.45) is 3.02. The first-order valence-electron chi connectivity index (χ1n) is 9.68. The number of nitrogens with zero attached hydrogens (tertiary/aromatic N) is 2. The average Bonchev–Trinajstić information content (AvgIpc) is 2.79. The third-order valence-electron chi connectivity index (χ3n) is 5.19. The van der Waals surface area contributed by atoms with Crippen molar-refractivity contribution in [3.63, 3.8) is 0 Å². The maximum absolute atomic E-state index is 14.1. The number of hydrogen-bond donors (Lipinski definition) is 0. The fourth-order valence-electron chi connectivity index (χ4n) is 3.65. The lowest BCUT2D eigenvalue weighted by Gasteiger charge is -2.20. The van der Waals surface area contributed by atoms with Gasteiger partial charge in [-0.25, -0.2) is 4.39 Å². The summed E-state index contributed by atoms with van der Waals surface area (Å²) >= 11 is 0. The van der Waals surface area contributed by atoms with Crippen molar-refractivity contribution in [1.82, 2.24) is 9.97 Å². The van der Waals surface area contributed by atoms with Crippen molar-refractivity contribution in [3.05, 3.63) is 120 Å². The lowest BCUT2D eigenvalue weighted by atomic mass is 9.85. The summed E-state index contributed by atoms with van der Waals surface area (Å²) in [5, 5.41) is 0. The van der Waals surface area contributed by atoms with Gasteiger partial charge in [-0.15, -0.1) is 0 Å². The van der Waals surface area contributed by atoms with E-state index in [0.717, 1.165) is 28.8 Å². The summed E-state index contributed by atoms with van der Waals surface area (Å²) in [4.78, 5) is 8.43. The van der Waals surface area contributed by atoms with Gasteiger partial charge in [-0.2, -0.15) is 13.2 Å². The van der Waals surface area contributed by atoms with Crippen LogP contribution in [0.4, 0.5) is 17.6 Å². The molecule has 0 bridgehead atoms. The molecule has 0 aliphatic carbocycles. The van der Waals surface area contributed by atoms with Gasteiger partial charge in [-0.3, -0.25) is 9.97 Å². The molecule has 0 radical (unpaired) electrons. The largest absolute Gasteiger partial charge is 0.416 e. The van der Waals surface area contributed by atoms with Gasteiger partial charge in [0, 0.05) is 30.7 Å². The van der Waals surface area contributed by atoms with Gasteiger partial charge in [0.25, 0.3) is 0 Å². The molecule has 0 spiro atoms. The SMILES string of the molecule is Fc1ccc(CC(c2cccnc2)c2cccnc2)c(-c2ccc(C(F)(F)F)cc2)c1. The number of halogens is 4. The van der Waals surface area contributed by atoms with Crippen molar-refractivity contribution in [1.29, 1.82) is 0 Å². The number of aromatic nitrogens is 2. The lowest BCUT2D eigenvalue weighted by molar-refractivity contribution is -0.137. The van der Waals surface area contributed by atoms with Gasteiger partial charge in [0.1, 0.15) is 5.82 Å². The molecule has 4 rings (SSSR count). The second kappa shape index (κ2) is 8.68. The fourth-order valence-corrected chi connectivity index (χ4v) is 3.65. The quantitative estimate of drug-likeness (QED) is 0.336. The van der Waals surface area contributed by atoms with Crippen LogP contribution in [0.1, 0.15) is 28.2 Å². The standard InChI is InChI=1S/C25H18F4N2/c26-22-10-7-18(24(14-22)17-5-8-21(9-6-17)25(27,28)29)13-23(19-3-1-11-30-15-19)20-4-2-12-31-16-20/h1-12,14-16,23H,13H2. The Morgan fingerprint density at radius 1 is 0.774 bits per heavy atom. The van der Waals surface area contributed by atoms with E-state index in [2.05, 4.69) is 9.97 Å². The Bertz CT molecular complexity index is 1100. The fraction of sp³-hybridized carbons (Fsp3) is 0.120. The predicted octanol–water partition coefficient (Wildman–Crippen LogP) is 6.68. The summed E-state index contributed by atoms with van der Waals surface area (Å²) in [6, 6.07) is 16.8. The molecule has 31 heavy (non-hydrogen) atoms. The van der Waals surface area contributed by atoms with E-state index in [1.807, 2.05) is 24.3 Å². The van der Waals surface area contributed by atoms with Crippen LogP contribution in [-0.4, -0.2) is 9.97 Å². The monoisotopic (exact) mass is 422 g/mol. The minimum Gasteiger partial charge on any atom is -0.264 e. The first-order chi connectivity index (χ1) is 14.9. The normalized spacial score (nSPS) is 11.6. The number of pyridine rings is 2. The molecule has 0 aliphatic rings. The van der Waals surface area contributed by atoms with Gasteiger partial charge < -0.3 is 0 Å². The van der Waals surface area contributed by atoms with E-state index in [4.69, 9.17) is 0 Å². The van der Waals surface area contributed by atoms with Crippen molar-refractivity contribution in [3.8, 4) is 11.1 Å². The molecule has 0 atom stereocenters. The number of hydrogen-bond acceptors (Lipinski definition) is 2. The summed E-state index contributed by atoms with van der Waals surface area (Å²) in [6.45, 7) is 0. The highest BCUT2D eigenvalue weighted by Gasteiger charge is 2.30. The molecule has 6 heteroatoms. The Labute approximate surface area is 177 Å². The highest BCUT2D eigenvalue weighted by molar-refractivity contribution is 5.68. The van der Waals surface area contributed by atoms with E-state index in [0.29, 0.717) is 17.5 Å². The van der Waals surface area contributed by atoms with Gasteiger partial charge >= 0.3 is 6.18 Å². The van der Waals surface area contributed by atoms with Crippen LogP contribution >= 0.6 is 0 Å². The molecule has 0 saturated carbocycles. The van der Waals surface area contributed by atoms with E-state index in [-0.39, 0.29) is 5.92 Å². The van der Waals surface area contributed by atoms with E-state index in [1.165, 1.54) is 24.3 Å². The molecule has 0 unspecified atom stereocenters. The molecule has 4 aromatic rings. The zero-order valence-corrected chi connectivity index (χ0v) is 16.4. The predicted molar refractivity (Wildman–Crippen MR) is 111 cm³/mol. The van der Waals surface area contributed by atoms with Crippen LogP contribution in [0, 0.1) is 5.82 Å². The van der Waals surface area contributed by atoms with Crippen molar-refractivity contribution < 1.29 is 17.6 Å². The van der Waals surface area contributed by atoms with Crippen LogP contribution in [0.5, 0.6) is 0 Å². The molecule has 0 saturated heterocycles.